The van der Waals surface area contributed by atoms with Gasteiger partial charge in [0.2, 0.25) is 0 Å². The minimum absolute atomic E-state index is 0.335. The first-order valence-corrected chi connectivity index (χ1v) is 9.23. The molecule has 2 aromatic carbocycles. The second kappa shape index (κ2) is 8.43. The fraction of sp³-hybridized carbons (Fsp3) is 0.150. The molecule has 10 heteroatoms. The molecule has 30 heavy (non-hydrogen) atoms. The number of anilines is 2. The molecule has 0 fully saturated rings. The Bertz CT molecular complexity index is 1170. The molecular weight excluding hydrogens is 386 g/mol. The fourth-order valence-corrected chi connectivity index (χ4v) is 2.79. The average molecular weight is 405 g/mol. The van der Waals surface area contributed by atoms with Gasteiger partial charge in [0.1, 0.15) is 12.2 Å². The van der Waals surface area contributed by atoms with Gasteiger partial charge in [-0.05, 0) is 31.2 Å². The van der Waals surface area contributed by atoms with Gasteiger partial charge >= 0.3 is 6.09 Å². The number of para-hydroxylation sites is 2. The van der Waals surface area contributed by atoms with Gasteiger partial charge in [0.25, 0.3) is 5.91 Å². The van der Waals surface area contributed by atoms with E-state index in [1.54, 1.807) is 39.8 Å². The maximum Gasteiger partial charge on any atom is 0.412 e. The van der Waals surface area contributed by atoms with Gasteiger partial charge in [-0.15, -0.1) is 5.10 Å². The molecule has 4 rings (SSSR count). The minimum atomic E-state index is -0.990. The van der Waals surface area contributed by atoms with Crippen molar-refractivity contribution in [1.82, 2.24) is 24.8 Å². The number of nitrogens with one attached hydrogen (secondary N) is 2. The fourth-order valence-electron chi connectivity index (χ4n) is 2.79. The molecule has 4 aromatic rings. The Balaban J connectivity index is 1.32. The van der Waals surface area contributed by atoms with Gasteiger partial charge in [-0.3, -0.25) is 10.1 Å². The highest BCUT2D eigenvalue weighted by molar-refractivity contribution is 5.95. The Kier molecular flexibility index (Phi) is 5.37. The second-order valence-corrected chi connectivity index (χ2v) is 6.52. The number of hydrogen-bond donors (Lipinski definition) is 2. The molecule has 2 amide bonds. The number of hydrogen-bond acceptors (Lipinski definition) is 6. The smallest absolute Gasteiger partial charge is 0.412 e. The van der Waals surface area contributed by atoms with Gasteiger partial charge < -0.3 is 10.1 Å². The molecule has 1 atom stereocenters. The highest BCUT2D eigenvalue weighted by atomic mass is 16.6. The van der Waals surface area contributed by atoms with Crippen LogP contribution in [0.5, 0.6) is 0 Å². The Morgan fingerprint density at radius 1 is 1.03 bits per heavy atom. The summed E-state index contributed by atoms with van der Waals surface area (Å²) in [6.07, 6.45) is 1.47. The lowest BCUT2D eigenvalue weighted by Crippen LogP contribution is -2.31. The molecule has 10 nitrogen and oxygen atoms in total. The van der Waals surface area contributed by atoms with Crippen molar-refractivity contribution in [2.75, 3.05) is 10.6 Å². The topological polar surface area (TPSA) is 116 Å². The monoisotopic (exact) mass is 405 g/mol. The molecule has 0 spiro atoms. The van der Waals surface area contributed by atoms with Gasteiger partial charge in [0.15, 0.2) is 6.10 Å². The highest BCUT2D eigenvalue weighted by Gasteiger charge is 2.18. The van der Waals surface area contributed by atoms with Crippen molar-refractivity contribution in [2.24, 2.45) is 0 Å². The molecule has 0 aliphatic rings. The van der Waals surface area contributed by atoms with Crippen LogP contribution in [0.4, 0.5) is 16.2 Å². The van der Waals surface area contributed by atoms with Crippen LogP contribution in [0.2, 0.25) is 0 Å². The first-order valence-electron chi connectivity index (χ1n) is 9.23. The zero-order valence-electron chi connectivity index (χ0n) is 16.1. The molecule has 0 saturated carbocycles. The predicted octanol–water partition coefficient (Wildman–Crippen LogP) is 2.71. The van der Waals surface area contributed by atoms with Crippen LogP contribution in [0.25, 0.3) is 11.0 Å². The van der Waals surface area contributed by atoms with E-state index in [0.29, 0.717) is 18.0 Å². The highest BCUT2D eigenvalue weighted by Crippen LogP contribution is 2.12. The minimum Gasteiger partial charge on any atom is -0.436 e. The SMILES string of the molecule is CC(OC(=O)Nc1ccccc1)C(=O)Nc1cnn(Cn2nnc3ccccc32)c1. The number of ether oxygens (including phenoxy) is 1. The lowest BCUT2D eigenvalue weighted by atomic mass is 10.3. The molecule has 2 N–H and O–H groups in total. The number of aromatic nitrogens is 5. The van der Waals surface area contributed by atoms with Crippen LogP contribution in [-0.4, -0.2) is 42.9 Å². The van der Waals surface area contributed by atoms with Crippen LogP contribution in [0.1, 0.15) is 6.92 Å². The summed E-state index contributed by atoms with van der Waals surface area (Å²) in [5.74, 6) is -0.469. The molecule has 0 aliphatic carbocycles. The Hall–Kier alpha value is -4.21. The summed E-state index contributed by atoms with van der Waals surface area (Å²) in [5, 5.41) is 17.7. The molecule has 0 bridgehead atoms. The number of benzene rings is 2. The quantitative estimate of drug-likeness (QED) is 0.510. The molecule has 0 aliphatic heterocycles. The van der Waals surface area contributed by atoms with Crippen molar-refractivity contribution in [3.05, 3.63) is 67.0 Å². The van der Waals surface area contributed by atoms with Crippen LogP contribution in [0, 0.1) is 0 Å². The molecule has 1 unspecified atom stereocenters. The second-order valence-electron chi connectivity index (χ2n) is 6.52. The zero-order chi connectivity index (χ0) is 20.9. The summed E-state index contributed by atoms with van der Waals surface area (Å²) in [7, 11) is 0. The van der Waals surface area contributed by atoms with Crippen molar-refractivity contribution >= 4 is 34.4 Å². The van der Waals surface area contributed by atoms with Crippen molar-refractivity contribution in [3.8, 4) is 0 Å². The summed E-state index contributed by atoms with van der Waals surface area (Å²) >= 11 is 0. The van der Waals surface area contributed by atoms with Gasteiger partial charge in [0.05, 0.1) is 23.6 Å². The lowest BCUT2D eigenvalue weighted by molar-refractivity contribution is -0.123. The number of carbonyl (C=O) groups is 2. The summed E-state index contributed by atoms with van der Waals surface area (Å²) in [6, 6.07) is 16.4. The number of carbonyl (C=O) groups excluding carboxylic acids is 2. The zero-order valence-corrected chi connectivity index (χ0v) is 16.1. The molecule has 0 saturated heterocycles. The number of fused-ring (bicyclic) bond motifs is 1. The van der Waals surface area contributed by atoms with E-state index in [9.17, 15) is 9.59 Å². The summed E-state index contributed by atoms with van der Waals surface area (Å²) in [4.78, 5) is 24.2. The van der Waals surface area contributed by atoms with Crippen molar-refractivity contribution in [2.45, 2.75) is 19.7 Å². The number of rotatable bonds is 6. The van der Waals surface area contributed by atoms with Gasteiger partial charge in [0, 0.05) is 5.69 Å². The molecular formula is C20H19N7O3. The molecule has 2 aromatic heterocycles. The normalized spacial score (nSPS) is 11.8. The predicted molar refractivity (Wildman–Crippen MR) is 110 cm³/mol. The molecule has 2 heterocycles. The van der Waals surface area contributed by atoms with Gasteiger partial charge in [-0.25, -0.2) is 14.2 Å². The van der Waals surface area contributed by atoms with E-state index in [4.69, 9.17) is 4.74 Å². The molecule has 152 valence electrons. The maximum atomic E-state index is 12.3. The van der Waals surface area contributed by atoms with E-state index < -0.39 is 18.1 Å². The lowest BCUT2D eigenvalue weighted by Gasteiger charge is -2.13. The summed E-state index contributed by atoms with van der Waals surface area (Å²) in [6.45, 7) is 1.83. The van der Waals surface area contributed by atoms with Crippen molar-refractivity contribution in [1.29, 1.82) is 0 Å². The van der Waals surface area contributed by atoms with Gasteiger partial charge in [-0.2, -0.15) is 5.10 Å². The Morgan fingerprint density at radius 3 is 2.63 bits per heavy atom. The van der Waals surface area contributed by atoms with Crippen LogP contribution in [0.3, 0.4) is 0 Å². The third-order valence-corrected chi connectivity index (χ3v) is 4.27. The Labute approximate surface area is 171 Å². The average Bonchev–Trinajstić information content (AvgIpc) is 3.36. The van der Waals surface area contributed by atoms with E-state index in [1.165, 1.54) is 13.1 Å². The third-order valence-electron chi connectivity index (χ3n) is 4.27. The van der Waals surface area contributed by atoms with Gasteiger partial charge in [-0.1, -0.05) is 35.5 Å². The third kappa shape index (κ3) is 4.43. The van der Waals surface area contributed by atoms with Crippen LogP contribution in [-0.2, 0) is 16.2 Å². The number of amides is 2. The maximum absolute atomic E-state index is 12.3. The van der Waals surface area contributed by atoms with E-state index >= 15 is 0 Å². The van der Waals surface area contributed by atoms with Crippen molar-refractivity contribution in [3.63, 3.8) is 0 Å². The van der Waals surface area contributed by atoms with E-state index in [2.05, 4.69) is 26.0 Å². The van der Waals surface area contributed by atoms with E-state index in [1.807, 2.05) is 30.3 Å². The van der Waals surface area contributed by atoms with E-state index in [0.717, 1.165) is 11.0 Å². The van der Waals surface area contributed by atoms with Crippen LogP contribution < -0.4 is 10.6 Å². The standard InChI is InChI=1S/C20H19N7O3/c1-14(30-20(29)23-15-7-3-2-4-8-15)19(28)22-16-11-21-26(12-16)13-27-18-10-6-5-9-17(18)24-25-27/h2-12,14H,13H2,1H3,(H,22,28)(H,23,29). The first kappa shape index (κ1) is 19.1. The number of nitrogens with zero attached hydrogens (tertiary/aromatic N) is 5. The largest absolute Gasteiger partial charge is 0.436 e. The van der Waals surface area contributed by atoms with Crippen molar-refractivity contribution < 1.29 is 14.3 Å². The summed E-state index contributed by atoms with van der Waals surface area (Å²) in [5.41, 5.74) is 2.73. The van der Waals surface area contributed by atoms with Crippen LogP contribution in [0.15, 0.2) is 67.0 Å². The molecule has 0 radical (unpaired) electrons. The van der Waals surface area contributed by atoms with E-state index in [-0.39, 0.29) is 0 Å². The summed E-state index contributed by atoms with van der Waals surface area (Å²) < 4.78 is 8.43. The first-order chi connectivity index (χ1) is 14.6. The van der Waals surface area contributed by atoms with Crippen LogP contribution >= 0.6 is 0 Å². The Morgan fingerprint density at radius 2 is 1.80 bits per heavy atom.